The molecule has 0 bridgehead atoms. The number of carbonyl (C=O) groups excluding carboxylic acids is 2. The SMILES string of the molecule is C[C@H]1CNCCN1C(=O)CCC1Cc2ccccc2NC1=O.Cl. The van der Waals surface area contributed by atoms with Crippen LogP contribution in [0.3, 0.4) is 0 Å². The van der Waals surface area contributed by atoms with Crippen LogP contribution in [0.25, 0.3) is 0 Å². The van der Waals surface area contributed by atoms with Gasteiger partial charge in [-0.1, -0.05) is 18.2 Å². The van der Waals surface area contributed by atoms with Crippen LogP contribution in [-0.4, -0.2) is 42.4 Å². The van der Waals surface area contributed by atoms with Crippen molar-refractivity contribution < 1.29 is 9.59 Å². The Labute approximate surface area is 143 Å². The third kappa shape index (κ3) is 4.03. The van der Waals surface area contributed by atoms with E-state index in [1.54, 1.807) is 0 Å². The highest BCUT2D eigenvalue weighted by molar-refractivity contribution is 5.96. The lowest BCUT2D eigenvalue weighted by Gasteiger charge is -2.34. The lowest BCUT2D eigenvalue weighted by molar-refractivity contribution is -0.134. The standard InChI is InChI=1S/C17H23N3O2.ClH/c1-12-11-18-8-9-20(12)16(21)7-6-14-10-13-4-2-3-5-15(13)19-17(14)22;/h2-5,12,14,18H,6-11H2,1H3,(H,19,22);1H/t12-,14?;/m0./s1. The number of amides is 2. The fourth-order valence-electron chi connectivity index (χ4n) is 3.30. The van der Waals surface area contributed by atoms with Crippen LogP contribution in [0, 0.1) is 5.92 Å². The van der Waals surface area contributed by atoms with Crippen LogP contribution in [0.4, 0.5) is 5.69 Å². The summed E-state index contributed by atoms with van der Waals surface area (Å²) in [6.45, 7) is 4.53. The summed E-state index contributed by atoms with van der Waals surface area (Å²) in [5.41, 5.74) is 2.07. The molecule has 2 aliphatic heterocycles. The van der Waals surface area contributed by atoms with Gasteiger partial charge in [-0.25, -0.2) is 0 Å². The molecule has 0 aliphatic carbocycles. The monoisotopic (exact) mass is 337 g/mol. The Kier molecular flexibility index (Phi) is 6.02. The molecule has 6 heteroatoms. The van der Waals surface area contributed by atoms with Crippen molar-refractivity contribution in [3.8, 4) is 0 Å². The molecule has 1 saturated heterocycles. The average Bonchev–Trinajstić information content (AvgIpc) is 2.53. The third-order valence-electron chi connectivity index (χ3n) is 4.64. The summed E-state index contributed by atoms with van der Waals surface area (Å²) in [4.78, 5) is 26.5. The first kappa shape index (κ1) is 17.8. The van der Waals surface area contributed by atoms with Crippen LogP contribution in [0.1, 0.15) is 25.3 Å². The molecule has 1 fully saturated rings. The van der Waals surface area contributed by atoms with E-state index in [2.05, 4.69) is 17.6 Å². The summed E-state index contributed by atoms with van der Waals surface area (Å²) in [5, 5.41) is 6.23. The number of hydrogen-bond acceptors (Lipinski definition) is 3. The smallest absolute Gasteiger partial charge is 0.227 e. The summed E-state index contributed by atoms with van der Waals surface area (Å²) in [6, 6.07) is 8.12. The van der Waals surface area contributed by atoms with Gasteiger partial charge in [-0.15, -0.1) is 12.4 Å². The van der Waals surface area contributed by atoms with Gasteiger partial charge in [0.15, 0.2) is 0 Å². The van der Waals surface area contributed by atoms with Gasteiger partial charge in [-0.3, -0.25) is 9.59 Å². The molecule has 2 heterocycles. The molecule has 2 N–H and O–H groups in total. The second-order valence-electron chi connectivity index (χ2n) is 6.23. The zero-order chi connectivity index (χ0) is 15.5. The fraction of sp³-hybridized carbons (Fsp3) is 0.529. The number of rotatable bonds is 3. The van der Waals surface area contributed by atoms with Gasteiger partial charge in [0.05, 0.1) is 0 Å². The topological polar surface area (TPSA) is 61.4 Å². The summed E-state index contributed by atoms with van der Waals surface area (Å²) in [5.74, 6) is 0.109. The van der Waals surface area contributed by atoms with Crippen molar-refractivity contribution in [2.45, 2.75) is 32.2 Å². The van der Waals surface area contributed by atoms with Crippen molar-refractivity contribution in [1.29, 1.82) is 0 Å². The minimum Gasteiger partial charge on any atom is -0.337 e. The van der Waals surface area contributed by atoms with E-state index in [0.717, 1.165) is 37.3 Å². The number of halogens is 1. The van der Waals surface area contributed by atoms with Crippen molar-refractivity contribution in [2.24, 2.45) is 5.92 Å². The first-order valence-corrected chi connectivity index (χ1v) is 8.04. The first-order valence-electron chi connectivity index (χ1n) is 8.04. The fourth-order valence-corrected chi connectivity index (χ4v) is 3.30. The number of piperazine rings is 1. The number of nitrogens with one attached hydrogen (secondary N) is 2. The Morgan fingerprint density at radius 3 is 2.91 bits per heavy atom. The number of fused-ring (bicyclic) bond motifs is 1. The number of carbonyl (C=O) groups is 2. The molecule has 126 valence electrons. The molecule has 0 saturated carbocycles. The lowest BCUT2D eigenvalue weighted by Crippen LogP contribution is -2.52. The predicted octanol–water partition coefficient (Wildman–Crippen LogP) is 1.82. The summed E-state index contributed by atoms with van der Waals surface area (Å²) < 4.78 is 0. The van der Waals surface area contributed by atoms with Gasteiger partial charge in [0.1, 0.15) is 0 Å². The predicted molar refractivity (Wildman–Crippen MR) is 92.8 cm³/mol. The molecule has 5 nitrogen and oxygen atoms in total. The maximum atomic E-state index is 12.4. The Balaban J connectivity index is 0.00000192. The van der Waals surface area contributed by atoms with Gasteiger partial charge in [0, 0.05) is 43.7 Å². The zero-order valence-corrected chi connectivity index (χ0v) is 14.2. The van der Waals surface area contributed by atoms with Gasteiger partial charge < -0.3 is 15.5 Å². The highest BCUT2D eigenvalue weighted by Gasteiger charge is 2.28. The number of hydrogen-bond donors (Lipinski definition) is 2. The van der Waals surface area contributed by atoms with Crippen LogP contribution in [-0.2, 0) is 16.0 Å². The van der Waals surface area contributed by atoms with Gasteiger partial charge in [-0.05, 0) is 31.4 Å². The van der Waals surface area contributed by atoms with E-state index >= 15 is 0 Å². The van der Waals surface area contributed by atoms with E-state index in [0.29, 0.717) is 12.8 Å². The summed E-state index contributed by atoms with van der Waals surface area (Å²) in [7, 11) is 0. The maximum Gasteiger partial charge on any atom is 0.227 e. The molecule has 3 rings (SSSR count). The molecular weight excluding hydrogens is 314 g/mol. The van der Waals surface area contributed by atoms with Crippen molar-refractivity contribution in [3.05, 3.63) is 29.8 Å². The van der Waals surface area contributed by atoms with E-state index < -0.39 is 0 Å². The molecule has 2 aliphatic rings. The molecule has 1 unspecified atom stereocenters. The van der Waals surface area contributed by atoms with Crippen molar-refractivity contribution >= 4 is 29.9 Å². The van der Waals surface area contributed by atoms with Crippen molar-refractivity contribution in [3.63, 3.8) is 0 Å². The van der Waals surface area contributed by atoms with Gasteiger partial charge >= 0.3 is 0 Å². The number of anilines is 1. The van der Waals surface area contributed by atoms with Crippen LogP contribution in [0.5, 0.6) is 0 Å². The molecule has 2 atom stereocenters. The van der Waals surface area contributed by atoms with E-state index in [1.807, 2.05) is 29.2 Å². The summed E-state index contributed by atoms with van der Waals surface area (Å²) in [6.07, 6.45) is 1.80. The van der Waals surface area contributed by atoms with E-state index in [1.165, 1.54) is 0 Å². The summed E-state index contributed by atoms with van der Waals surface area (Å²) >= 11 is 0. The highest BCUT2D eigenvalue weighted by atomic mass is 35.5. The Bertz CT molecular complexity index is 579. The van der Waals surface area contributed by atoms with E-state index in [9.17, 15) is 9.59 Å². The number of benzene rings is 1. The second-order valence-corrected chi connectivity index (χ2v) is 6.23. The molecule has 0 aromatic heterocycles. The normalized spacial score (nSPS) is 23.5. The van der Waals surface area contributed by atoms with Crippen LogP contribution in [0.2, 0.25) is 0 Å². The Morgan fingerprint density at radius 2 is 2.13 bits per heavy atom. The average molecular weight is 338 g/mol. The van der Waals surface area contributed by atoms with Gasteiger partial charge in [0.25, 0.3) is 0 Å². The van der Waals surface area contributed by atoms with Gasteiger partial charge in [-0.2, -0.15) is 0 Å². The molecule has 1 aromatic rings. The third-order valence-corrected chi connectivity index (χ3v) is 4.64. The molecule has 23 heavy (non-hydrogen) atoms. The minimum absolute atomic E-state index is 0. The van der Waals surface area contributed by atoms with Crippen molar-refractivity contribution in [2.75, 3.05) is 25.0 Å². The van der Waals surface area contributed by atoms with Crippen LogP contribution >= 0.6 is 12.4 Å². The number of nitrogens with zero attached hydrogens (tertiary/aromatic N) is 1. The Hall–Kier alpha value is -1.59. The van der Waals surface area contributed by atoms with E-state index in [-0.39, 0.29) is 36.2 Å². The van der Waals surface area contributed by atoms with Crippen molar-refractivity contribution in [1.82, 2.24) is 10.2 Å². The maximum absolute atomic E-state index is 12.4. The minimum atomic E-state index is -0.0999. The molecule has 0 radical (unpaired) electrons. The first-order chi connectivity index (χ1) is 10.6. The molecule has 2 amide bonds. The van der Waals surface area contributed by atoms with Crippen LogP contribution < -0.4 is 10.6 Å². The molecule has 0 spiro atoms. The Morgan fingerprint density at radius 1 is 1.35 bits per heavy atom. The molecule has 1 aromatic carbocycles. The second kappa shape index (κ2) is 7.79. The lowest BCUT2D eigenvalue weighted by atomic mass is 9.89. The largest absolute Gasteiger partial charge is 0.337 e. The zero-order valence-electron chi connectivity index (χ0n) is 13.4. The molecular formula is C17H24ClN3O2. The van der Waals surface area contributed by atoms with Crippen LogP contribution in [0.15, 0.2) is 24.3 Å². The highest BCUT2D eigenvalue weighted by Crippen LogP contribution is 2.27. The quantitative estimate of drug-likeness (QED) is 0.884. The number of para-hydroxylation sites is 1. The van der Waals surface area contributed by atoms with Gasteiger partial charge in [0.2, 0.25) is 11.8 Å². The van der Waals surface area contributed by atoms with E-state index in [4.69, 9.17) is 0 Å².